The number of hydrogen-bond donors (Lipinski definition) is 3. The summed E-state index contributed by atoms with van der Waals surface area (Å²) in [4.78, 5) is 29.2. The Morgan fingerprint density at radius 3 is 2.11 bits per heavy atom. The lowest BCUT2D eigenvalue weighted by Crippen LogP contribution is -2.47. The molecule has 0 saturated heterocycles. The average Bonchev–Trinajstić information content (AvgIpc) is 2.60. The number of nitrogens with zero attached hydrogens (tertiary/aromatic N) is 1. The van der Waals surface area contributed by atoms with E-state index in [1.165, 1.54) is 6.20 Å². The number of carbonyl (C=O) groups is 2. The van der Waals surface area contributed by atoms with Crippen molar-refractivity contribution in [2.75, 3.05) is 11.1 Å². The quantitative estimate of drug-likeness (QED) is 0.706. The van der Waals surface area contributed by atoms with E-state index in [9.17, 15) is 9.59 Å². The number of carbonyl (C=O) groups excluding carboxylic acids is 2. The second-order valence-corrected chi connectivity index (χ2v) is 7.98. The smallest absolute Gasteiger partial charge is 0.251 e. The van der Waals surface area contributed by atoms with Crippen LogP contribution in [0, 0.1) is 5.92 Å². The second kappa shape index (κ2) is 9.55. The lowest BCUT2D eigenvalue weighted by Gasteiger charge is -2.22. The zero-order chi connectivity index (χ0) is 20.2. The van der Waals surface area contributed by atoms with E-state index >= 15 is 0 Å². The van der Waals surface area contributed by atoms with Crippen molar-refractivity contribution in [3.05, 3.63) is 53.7 Å². The third-order valence-corrected chi connectivity index (χ3v) is 4.30. The van der Waals surface area contributed by atoms with Crippen molar-refractivity contribution < 1.29 is 9.59 Å². The molecular formula is C21H29ClN4O2. The molecule has 1 unspecified atom stereocenters. The number of nitrogen functional groups attached to an aromatic ring is 1. The molecule has 0 fully saturated rings. The summed E-state index contributed by atoms with van der Waals surface area (Å²) in [7, 11) is 0. The number of halogens is 1. The van der Waals surface area contributed by atoms with Gasteiger partial charge in [-0.25, -0.2) is 4.98 Å². The minimum Gasteiger partial charge on any atom is -0.384 e. The number of nitrogens with one attached hydrogen (secondary N) is 2. The highest BCUT2D eigenvalue weighted by atomic mass is 35.5. The molecule has 2 rings (SSSR count). The number of anilines is 2. The van der Waals surface area contributed by atoms with Crippen molar-refractivity contribution in [2.45, 2.75) is 46.1 Å². The average molecular weight is 405 g/mol. The molecule has 6 nitrogen and oxygen atoms in total. The molecule has 28 heavy (non-hydrogen) atoms. The van der Waals surface area contributed by atoms with Crippen LogP contribution in [-0.4, -0.2) is 22.8 Å². The largest absolute Gasteiger partial charge is 0.384 e. The van der Waals surface area contributed by atoms with Gasteiger partial charge in [0.15, 0.2) is 0 Å². The van der Waals surface area contributed by atoms with Crippen LogP contribution in [0.3, 0.4) is 0 Å². The van der Waals surface area contributed by atoms with Crippen molar-refractivity contribution in [3.63, 3.8) is 0 Å². The molecule has 0 aliphatic rings. The summed E-state index contributed by atoms with van der Waals surface area (Å²) in [6.07, 6.45) is 1.48. The molecule has 1 heterocycles. The normalized spacial score (nSPS) is 12.1. The number of hydrogen-bond acceptors (Lipinski definition) is 4. The van der Waals surface area contributed by atoms with Gasteiger partial charge in [-0.1, -0.05) is 46.8 Å². The van der Waals surface area contributed by atoms with Gasteiger partial charge in [-0.05, 0) is 41.2 Å². The molecule has 4 N–H and O–H groups in total. The monoisotopic (exact) mass is 404 g/mol. The SMILES string of the molecule is CC(C)C(NC(=O)c1ccc(C(C)(C)C)cc1)C(=O)Nc1ccc(N)nc1.Cl. The minimum absolute atomic E-state index is 0. The zero-order valence-electron chi connectivity index (χ0n) is 16.9. The first-order chi connectivity index (χ1) is 12.6. The Morgan fingerprint density at radius 2 is 1.64 bits per heavy atom. The topological polar surface area (TPSA) is 97.1 Å². The number of benzene rings is 1. The van der Waals surface area contributed by atoms with Crippen LogP contribution in [0.15, 0.2) is 42.6 Å². The lowest BCUT2D eigenvalue weighted by atomic mass is 9.86. The van der Waals surface area contributed by atoms with Crippen molar-refractivity contribution in [1.29, 1.82) is 0 Å². The number of amides is 2. The Morgan fingerprint density at radius 1 is 1.04 bits per heavy atom. The molecular weight excluding hydrogens is 376 g/mol. The van der Waals surface area contributed by atoms with Gasteiger partial charge in [-0.15, -0.1) is 12.4 Å². The van der Waals surface area contributed by atoms with Gasteiger partial charge >= 0.3 is 0 Å². The number of rotatable bonds is 5. The van der Waals surface area contributed by atoms with E-state index in [1.807, 2.05) is 26.0 Å². The van der Waals surface area contributed by atoms with Crippen molar-refractivity contribution in [2.24, 2.45) is 5.92 Å². The Labute approximate surface area is 172 Å². The minimum atomic E-state index is -0.669. The van der Waals surface area contributed by atoms with Crippen LogP contribution in [0.1, 0.15) is 50.5 Å². The highest BCUT2D eigenvalue weighted by Gasteiger charge is 2.25. The van der Waals surface area contributed by atoms with Gasteiger partial charge in [-0.3, -0.25) is 9.59 Å². The molecule has 0 aliphatic carbocycles. The summed E-state index contributed by atoms with van der Waals surface area (Å²) in [5.74, 6) is -0.277. The third-order valence-electron chi connectivity index (χ3n) is 4.30. The van der Waals surface area contributed by atoms with Crippen LogP contribution in [0.5, 0.6) is 0 Å². The molecule has 1 atom stereocenters. The first-order valence-corrected chi connectivity index (χ1v) is 9.01. The van der Waals surface area contributed by atoms with E-state index in [-0.39, 0.29) is 35.6 Å². The van der Waals surface area contributed by atoms with Gasteiger partial charge in [-0.2, -0.15) is 0 Å². The van der Waals surface area contributed by atoms with E-state index in [4.69, 9.17) is 5.73 Å². The van der Waals surface area contributed by atoms with Gasteiger partial charge in [0.05, 0.1) is 11.9 Å². The zero-order valence-corrected chi connectivity index (χ0v) is 17.8. The predicted molar refractivity (Wildman–Crippen MR) is 116 cm³/mol. The van der Waals surface area contributed by atoms with Gasteiger partial charge in [0.25, 0.3) is 5.91 Å². The summed E-state index contributed by atoms with van der Waals surface area (Å²) in [6, 6.07) is 10.1. The maximum absolute atomic E-state index is 12.6. The number of aromatic nitrogens is 1. The van der Waals surface area contributed by atoms with Gasteiger partial charge in [0, 0.05) is 5.56 Å². The molecule has 2 amide bonds. The standard InChI is InChI=1S/C21H28N4O2.ClH/c1-13(2)18(20(27)24-16-10-11-17(22)23-12-16)25-19(26)14-6-8-15(9-7-14)21(3,4)5;/h6-13,18H,1-5H3,(H2,22,23)(H,24,27)(H,25,26);1H. The van der Waals surface area contributed by atoms with Crippen LogP contribution in [0.2, 0.25) is 0 Å². The van der Waals surface area contributed by atoms with Gasteiger partial charge in [0.1, 0.15) is 11.9 Å². The number of nitrogens with two attached hydrogens (primary N) is 1. The molecule has 1 aromatic heterocycles. The Kier molecular flexibility index (Phi) is 8.00. The molecule has 0 aliphatic heterocycles. The fourth-order valence-electron chi connectivity index (χ4n) is 2.58. The Balaban J connectivity index is 0.00000392. The van der Waals surface area contributed by atoms with E-state index in [0.29, 0.717) is 17.1 Å². The molecule has 0 radical (unpaired) electrons. The van der Waals surface area contributed by atoms with Crippen LogP contribution in [-0.2, 0) is 10.2 Å². The summed E-state index contributed by atoms with van der Waals surface area (Å²) in [6.45, 7) is 10.1. The van der Waals surface area contributed by atoms with E-state index < -0.39 is 6.04 Å². The van der Waals surface area contributed by atoms with Crippen LogP contribution in [0.25, 0.3) is 0 Å². The fraction of sp³-hybridized carbons (Fsp3) is 0.381. The molecule has 7 heteroatoms. The van der Waals surface area contributed by atoms with Crippen LogP contribution in [0.4, 0.5) is 11.5 Å². The van der Waals surface area contributed by atoms with Gasteiger partial charge in [0.2, 0.25) is 5.91 Å². The first-order valence-electron chi connectivity index (χ1n) is 9.01. The van der Waals surface area contributed by atoms with E-state index in [1.54, 1.807) is 24.3 Å². The molecule has 2 aromatic rings. The van der Waals surface area contributed by atoms with Crippen LogP contribution >= 0.6 is 12.4 Å². The van der Waals surface area contributed by atoms with E-state index in [0.717, 1.165) is 5.56 Å². The summed E-state index contributed by atoms with van der Waals surface area (Å²) < 4.78 is 0. The molecule has 152 valence electrons. The highest BCUT2D eigenvalue weighted by molar-refractivity contribution is 6.01. The maximum atomic E-state index is 12.6. The fourth-order valence-corrected chi connectivity index (χ4v) is 2.58. The Hall–Kier alpha value is -2.60. The maximum Gasteiger partial charge on any atom is 0.251 e. The van der Waals surface area contributed by atoms with E-state index in [2.05, 4.69) is 36.4 Å². The first kappa shape index (κ1) is 23.4. The third kappa shape index (κ3) is 6.23. The Bertz CT molecular complexity index is 797. The molecule has 0 spiro atoms. The molecule has 0 bridgehead atoms. The van der Waals surface area contributed by atoms with Crippen molar-refractivity contribution >= 4 is 35.7 Å². The van der Waals surface area contributed by atoms with Gasteiger partial charge < -0.3 is 16.4 Å². The van der Waals surface area contributed by atoms with Crippen molar-refractivity contribution in [3.8, 4) is 0 Å². The summed E-state index contributed by atoms with van der Waals surface area (Å²) in [5.41, 5.74) is 7.77. The summed E-state index contributed by atoms with van der Waals surface area (Å²) >= 11 is 0. The molecule has 0 saturated carbocycles. The number of pyridine rings is 1. The summed E-state index contributed by atoms with van der Waals surface area (Å²) in [5, 5.41) is 5.59. The van der Waals surface area contributed by atoms with Crippen LogP contribution < -0.4 is 16.4 Å². The second-order valence-electron chi connectivity index (χ2n) is 7.98. The predicted octanol–water partition coefficient (Wildman–Crippen LogP) is 3.78. The lowest BCUT2D eigenvalue weighted by molar-refractivity contribution is -0.118. The molecule has 1 aromatic carbocycles. The highest BCUT2D eigenvalue weighted by Crippen LogP contribution is 2.22. The van der Waals surface area contributed by atoms with Crippen molar-refractivity contribution in [1.82, 2.24) is 10.3 Å².